The number of ketones is 1. The predicted molar refractivity (Wildman–Crippen MR) is 134 cm³/mol. The van der Waals surface area contributed by atoms with Gasteiger partial charge in [0.05, 0.1) is 18.7 Å². The summed E-state index contributed by atoms with van der Waals surface area (Å²) in [5.41, 5.74) is 0.918. The first kappa shape index (κ1) is 25.8. The van der Waals surface area contributed by atoms with E-state index in [4.69, 9.17) is 9.47 Å². The average Bonchev–Trinajstić information content (AvgIpc) is 3.13. The lowest BCUT2D eigenvalue weighted by molar-refractivity contribution is -0.140. The molecule has 1 amide bonds. The molecule has 0 aliphatic carbocycles. The third-order valence-corrected chi connectivity index (χ3v) is 6.11. The first-order valence-corrected chi connectivity index (χ1v) is 11.6. The van der Waals surface area contributed by atoms with Gasteiger partial charge in [0.2, 0.25) is 0 Å². The molecule has 1 fully saturated rings. The fraction of sp³-hybridized carbons (Fsp3) is 0.333. The van der Waals surface area contributed by atoms with E-state index < -0.39 is 17.7 Å². The van der Waals surface area contributed by atoms with Gasteiger partial charge in [0.15, 0.2) is 11.5 Å². The summed E-state index contributed by atoms with van der Waals surface area (Å²) >= 11 is 0. The molecule has 8 nitrogen and oxygen atoms in total. The zero-order valence-corrected chi connectivity index (χ0v) is 20.4. The van der Waals surface area contributed by atoms with Crippen LogP contribution in [0.2, 0.25) is 0 Å². The van der Waals surface area contributed by atoms with Gasteiger partial charge in [0, 0.05) is 18.7 Å². The summed E-state index contributed by atoms with van der Waals surface area (Å²) in [4.78, 5) is 29.9. The first-order valence-electron chi connectivity index (χ1n) is 11.6. The quantitative estimate of drug-likeness (QED) is 0.219. The number of phenolic OH excluding ortho intramolecular Hbond substituents is 1. The van der Waals surface area contributed by atoms with Crippen molar-refractivity contribution in [3.05, 3.63) is 71.8 Å². The number of phenols is 1. The molecule has 1 atom stereocenters. The first-order chi connectivity index (χ1) is 16.9. The van der Waals surface area contributed by atoms with Gasteiger partial charge >= 0.3 is 0 Å². The van der Waals surface area contributed by atoms with Gasteiger partial charge in [0.1, 0.15) is 18.1 Å². The van der Waals surface area contributed by atoms with Crippen LogP contribution in [0.15, 0.2) is 60.7 Å². The number of ether oxygens (including phenoxy) is 2. The second-order valence-corrected chi connectivity index (χ2v) is 8.07. The molecule has 2 aromatic rings. The van der Waals surface area contributed by atoms with Crippen molar-refractivity contribution in [3.8, 4) is 17.2 Å². The Labute approximate surface area is 205 Å². The number of likely N-dealkylation sites (tertiary alicyclic amines) is 1. The van der Waals surface area contributed by atoms with Crippen molar-refractivity contribution in [1.82, 2.24) is 9.80 Å². The standard InChI is InChI=1S/C27H32N2O6/c1-5-16-35-20-11-8-18(9-12-20)25(31)23-24(19-10-13-21(30)22(17-19)34-4)29(27(33)26(23)32)15-14-28(6-2)7-3/h5,8-13,17,24,30-31H,1,6-7,14-16H2,2-4H3. The Hall–Kier alpha value is -3.78. The number of hydrogen-bond acceptors (Lipinski definition) is 7. The second kappa shape index (κ2) is 11.6. The Bertz CT molecular complexity index is 1110. The summed E-state index contributed by atoms with van der Waals surface area (Å²) in [6, 6.07) is 10.4. The maximum absolute atomic E-state index is 13.2. The number of carbonyl (C=O) groups excluding carboxylic acids is 2. The number of aromatic hydroxyl groups is 1. The molecule has 1 aliphatic heterocycles. The van der Waals surface area contributed by atoms with Crippen LogP contribution >= 0.6 is 0 Å². The number of benzene rings is 2. The number of rotatable bonds is 11. The molecule has 0 saturated carbocycles. The lowest BCUT2D eigenvalue weighted by atomic mass is 9.95. The van der Waals surface area contributed by atoms with Crippen LogP contribution in [-0.2, 0) is 9.59 Å². The molecular formula is C27H32N2O6. The van der Waals surface area contributed by atoms with E-state index in [9.17, 15) is 19.8 Å². The van der Waals surface area contributed by atoms with Gasteiger partial charge < -0.3 is 29.5 Å². The Morgan fingerprint density at radius 2 is 1.83 bits per heavy atom. The van der Waals surface area contributed by atoms with Crippen LogP contribution in [0.5, 0.6) is 17.2 Å². The van der Waals surface area contributed by atoms with Gasteiger partial charge in [-0.2, -0.15) is 0 Å². The summed E-state index contributed by atoms with van der Waals surface area (Å²) in [5.74, 6) is -0.985. The molecule has 0 radical (unpaired) electrons. The Morgan fingerprint density at radius 1 is 1.14 bits per heavy atom. The van der Waals surface area contributed by atoms with E-state index >= 15 is 0 Å². The number of Topliss-reactive ketones (excluding diaryl/α,β-unsaturated/α-hetero) is 1. The number of amides is 1. The molecule has 1 heterocycles. The van der Waals surface area contributed by atoms with Crippen LogP contribution in [0.1, 0.15) is 31.0 Å². The molecule has 1 aliphatic rings. The number of carbonyl (C=O) groups is 2. The smallest absolute Gasteiger partial charge is 0.295 e. The van der Waals surface area contributed by atoms with Crippen molar-refractivity contribution >= 4 is 17.4 Å². The van der Waals surface area contributed by atoms with Gasteiger partial charge in [-0.05, 0) is 55.1 Å². The summed E-state index contributed by atoms with van der Waals surface area (Å²) < 4.78 is 10.7. The fourth-order valence-corrected chi connectivity index (χ4v) is 4.13. The van der Waals surface area contributed by atoms with E-state index in [2.05, 4.69) is 11.5 Å². The predicted octanol–water partition coefficient (Wildman–Crippen LogP) is 3.73. The van der Waals surface area contributed by atoms with E-state index in [1.807, 2.05) is 13.8 Å². The summed E-state index contributed by atoms with van der Waals surface area (Å²) in [5, 5.41) is 21.3. The maximum atomic E-state index is 13.2. The molecule has 8 heteroatoms. The number of likely N-dealkylation sites (N-methyl/N-ethyl adjacent to an activating group) is 1. The SMILES string of the molecule is C=CCOc1ccc(C(O)=C2C(=O)C(=O)N(CCN(CC)CC)C2c2ccc(O)c(OC)c2)cc1. The third kappa shape index (κ3) is 5.49. The molecular weight excluding hydrogens is 448 g/mol. The summed E-state index contributed by atoms with van der Waals surface area (Å²) in [6.45, 7) is 10.5. The normalized spacial score (nSPS) is 17.1. The molecule has 186 valence electrons. The van der Waals surface area contributed by atoms with E-state index in [-0.39, 0.29) is 22.8 Å². The average molecular weight is 481 g/mol. The van der Waals surface area contributed by atoms with Crippen molar-refractivity contribution in [2.45, 2.75) is 19.9 Å². The number of nitrogens with zero attached hydrogens (tertiary/aromatic N) is 2. The van der Waals surface area contributed by atoms with Crippen LogP contribution in [0.25, 0.3) is 5.76 Å². The summed E-state index contributed by atoms with van der Waals surface area (Å²) in [7, 11) is 1.42. The van der Waals surface area contributed by atoms with Crippen LogP contribution in [0, 0.1) is 0 Å². The van der Waals surface area contributed by atoms with Gasteiger partial charge in [-0.1, -0.05) is 32.6 Å². The highest BCUT2D eigenvalue weighted by Gasteiger charge is 2.46. The minimum absolute atomic E-state index is 0.0120. The zero-order chi connectivity index (χ0) is 25.5. The van der Waals surface area contributed by atoms with Crippen LogP contribution in [-0.4, -0.2) is 71.6 Å². The van der Waals surface area contributed by atoms with Crippen LogP contribution < -0.4 is 9.47 Å². The second-order valence-electron chi connectivity index (χ2n) is 8.07. The molecule has 1 saturated heterocycles. The number of hydrogen-bond donors (Lipinski definition) is 2. The molecule has 0 aromatic heterocycles. The van der Waals surface area contributed by atoms with E-state index in [0.717, 1.165) is 13.1 Å². The maximum Gasteiger partial charge on any atom is 0.295 e. The molecule has 35 heavy (non-hydrogen) atoms. The molecule has 0 spiro atoms. The Balaban J connectivity index is 2.08. The highest BCUT2D eigenvalue weighted by atomic mass is 16.5. The van der Waals surface area contributed by atoms with E-state index in [1.165, 1.54) is 18.1 Å². The molecule has 2 N–H and O–H groups in total. The van der Waals surface area contributed by atoms with Gasteiger partial charge in [0.25, 0.3) is 11.7 Å². The highest BCUT2D eigenvalue weighted by Crippen LogP contribution is 2.41. The van der Waals surface area contributed by atoms with Crippen LogP contribution in [0.4, 0.5) is 0 Å². The Morgan fingerprint density at radius 3 is 2.43 bits per heavy atom. The zero-order valence-electron chi connectivity index (χ0n) is 20.4. The van der Waals surface area contributed by atoms with E-state index in [0.29, 0.717) is 36.6 Å². The van der Waals surface area contributed by atoms with Crippen molar-refractivity contribution < 1.29 is 29.3 Å². The Kier molecular flexibility index (Phi) is 8.54. The van der Waals surface area contributed by atoms with Crippen LogP contribution in [0.3, 0.4) is 0 Å². The monoisotopic (exact) mass is 480 g/mol. The molecule has 3 rings (SSSR count). The largest absolute Gasteiger partial charge is 0.507 e. The lowest BCUT2D eigenvalue weighted by Crippen LogP contribution is -2.38. The van der Waals surface area contributed by atoms with Crippen molar-refractivity contribution in [1.29, 1.82) is 0 Å². The molecule has 0 bridgehead atoms. The van der Waals surface area contributed by atoms with Crippen molar-refractivity contribution in [2.75, 3.05) is 39.9 Å². The topological polar surface area (TPSA) is 99.5 Å². The van der Waals surface area contributed by atoms with E-state index in [1.54, 1.807) is 42.5 Å². The number of methoxy groups -OCH3 is 1. The highest BCUT2D eigenvalue weighted by molar-refractivity contribution is 6.46. The number of aliphatic hydroxyl groups excluding tert-OH is 1. The van der Waals surface area contributed by atoms with Crippen molar-refractivity contribution in [2.24, 2.45) is 0 Å². The lowest BCUT2D eigenvalue weighted by Gasteiger charge is -2.28. The van der Waals surface area contributed by atoms with Gasteiger partial charge in [-0.25, -0.2) is 0 Å². The minimum Gasteiger partial charge on any atom is -0.507 e. The third-order valence-electron chi connectivity index (χ3n) is 6.11. The molecule has 1 unspecified atom stereocenters. The fourth-order valence-electron chi connectivity index (χ4n) is 4.13. The minimum atomic E-state index is -0.836. The van der Waals surface area contributed by atoms with Gasteiger partial charge in [-0.3, -0.25) is 9.59 Å². The van der Waals surface area contributed by atoms with Gasteiger partial charge in [-0.15, -0.1) is 0 Å². The summed E-state index contributed by atoms with van der Waals surface area (Å²) in [6.07, 6.45) is 1.62. The van der Waals surface area contributed by atoms with Crippen molar-refractivity contribution in [3.63, 3.8) is 0 Å². The number of aliphatic hydroxyl groups is 1. The molecule has 2 aromatic carbocycles.